The van der Waals surface area contributed by atoms with Crippen LogP contribution in [0, 0.1) is 11.8 Å². The first-order chi connectivity index (χ1) is 6.84. The number of nitrogens with one attached hydrogen (secondary N) is 1. The second-order valence-electron chi connectivity index (χ2n) is 5.23. The van der Waals surface area contributed by atoms with E-state index in [4.69, 9.17) is 5.73 Å². The molecule has 2 aliphatic carbocycles. The van der Waals surface area contributed by atoms with Crippen LogP contribution < -0.4 is 11.1 Å². The van der Waals surface area contributed by atoms with Gasteiger partial charge in [0, 0.05) is 6.04 Å². The van der Waals surface area contributed by atoms with Gasteiger partial charge in [-0.3, -0.25) is 0 Å². The fourth-order valence-electron chi connectivity index (χ4n) is 2.54. The summed E-state index contributed by atoms with van der Waals surface area (Å²) in [4.78, 5) is 0. The minimum atomic E-state index is 0.485. The molecule has 2 nitrogen and oxygen atoms in total. The Hall–Kier alpha value is -0.0800. The molecule has 3 N–H and O–H groups in total. The summed E-state index contributed by atoms with van der Waals surface area (Å²) in [5.74, 6) is 1.93. The van der Waals surface area contributed by atoms with Gasteiger partial charge in [-0.25, -0.2) is 0 Å². The Balaban J connectivity index is 1.50. The van der Waals surface area contributed by atoms with Crippen LogP contribution in [-0.4, -0.2) is 19.1 Å². The Morgan fingerprint density at radius 1 is 1.07 bits per heavy atom. The first-order valence-corrected chi connectivity index (χ1v) is 6.31. The third-order valence-corrected chi connectivity index (χ3v) is 3.68. The summed E-state index contributed by atoms with van der Waals surface area (Å²) in [5, 5.41) is 3.59. The van der Waals surface area contributed by atoms with E-state index in [1.165, 1.54) is 58.0 Å². The minimum absolute atomic E-state index is 0.485. The normalized spacial score (nSPS) is 33.2. The molecular weight excluding hydrogens is 172 g/mol. The first-order valence-electron chi connectivity index (χ1n) is 6.31. The molecule has 14 heavy (non-hydrogen) atoms. The van der Waals surface area contributed by atoms with Crippen molar-refractivity contribution in [3.8, 4) is 0 Å². The van der Waals surface area contributed by atoms with E-state index < -0.39 is 0 Å². The molecule has 82 valence electrons. The molecule has 0 saturated heterocycles. The monoisotopic (exact) mass is 196 g/mol. The third kappa shape index (κ3) is 3.58. The summed E-state index contributed by atoms with van der Waals surface area (Å²) in [6.07, 6.45) is 9.60. The molecule has 2 atom stereocenters. The van der Waals surface area contributed by atoms with Gasteiger partial charge in [0.15, 0.2) is 0 Å². The van der Waals surface area contributed by atoms with Gasteiger partial charge in [-0.05, 0) is 50.6 Å². The zero-order valence-corrected chi connectivity index (χ0v) is 9.17. The van der Waals surface area contributed by atoms with Crippen LogP contribution in [0.3, 0.4) is 0 Å². The van der Waals surface area contributed by atoms with Crippen molar-refractivity contribution < 1.29 is 0 Å². The number of hydrogen-bond donors (Lipinski definition) is 2. The van der Waals surface area contributed by atoms with E-state index in [-0.39, 0.29) is 0 Å². The van der Waals surface area contributed by atoms with Gasteiger partial charge in [0.05, 0.1) is 0 Å². The topological polar surface area (TPSA) is 38.0 Å². The predicted octanol–water partition coefficient (Wildman–Crippen LogP) is 1.89. The van der Waals surface area contributed by atoms with E-state index in [0.29, 0.717) is 6.04 Å². The predicted molar refractivity (Wildman–Crippen MR) is 60.1 cm³/mol. The van der Waals surface area contributed by atoms with Crippen molar-refractivity contribution in [2.24, 2.45) is 17.6 Å². The fourth-order valence-corrected chi connectivity index (χ4v) is 2.54. The molecule has 0 aromatic rings. The van der Waals surface area contributed by atoms with Crippen LogP contribution in [0.25, 0.3) is 0 Å². The molecule has 2 heteroatoms. The second kappa shape index (κ2) is 5.13. The van der Waals surface area contributed by atoms with Crippen molar-refractivity contribution in [1.82, 2.24) is 5.32 Å². The Kier molecular flexibility index (Phi) is 3.82. The smallest absolute Gasteiger partial charge is 0.00419 e. The Morgan fingerprint density at radius 2 is 1.93 bits per heavy atom. The molecule has 0 spiro atoms. The van der Waals surface area contributed by atoms with Gasteiger partial charge >= 0.3 is 0 Å². The van der Waals surface area contributed by atoms with Crippen LogP contribution in [0.4, 0.5) is 0 Å². The Bertz CT molecular complexity index is 166. The lowest BCUT2D eigenvalue weighted by Gasteiger charge is -2.26. The Labute approximate surface area is 87.6 Å². The number of hydrogen-bond acceptors (Lipinski definition) is 2. The minimum Gasteiger partial charge on any atom is -0.328 e. The van der Waals surface area contributed by atoms with E-state index in [0.717, 1.165) is 11.8 Å². The fraction of sp³-hybridized carbons (Fsp3) is 1.00. The van der Waals surface area contributed by atoms with E-state index in [9.17, 15) is 0 Å². The summed E-state index contributed by atoms with van der Waals surface area (Å²) in [5.41, 5.74) is 5.96. The molecule has 2 fully saturated rings. The average molecular weight is 196 g/mol. The largest absolute Gasteiger partial charge is 0.328 e. The maximum Gasteiger partial charge on any atom is 0.00419 e. The Morgan fingerprint density at radius 3 is 2.64 bits per heavy atom. The van der Waals surface area contributed by atoms with Gasteiger partial charge < -0.3 is 11.1 Å². The molecule has 2 rings (SSSR count). The van der Waals surface area contributed by atoms with Crippen LogP contribution in [0.1, 0.15) is 44.9 Å². The van der Waals surface area contributed by atoms with Gasteiger partial charge in [0.25, 0.3) is 0 Å². The van der Waals surface area contributed by atoms with E-state index in [1.54, 1.807) is 0 Å². The maximum absolute atomic E-state index is 5.96. The van der Waals surface area contributed by atoms with E-state index >= 15 is 0 Å². The molecule has 0 aromatic carbocycles. The molecule has 0 amide bonds. The van der Waals surface area contributed by atoms with Crippen molar-refractivity contribution in [1.29, 1.82) is 0 Å². The molecule has 2 aliphatic rings. The molecule has 0 aromatic heterocycles. The van der Waals surface area contributed by atoms with E-state index in [2.05, 4.69) is 5.32 Å². The third-order valence-electron chi connectivity index (χ3n) is 3.68. The lowest BCUT2D eigenvalue weighted by molar-refractivity contribution is 0.310. The highest BCUT2D eigenvalue weighted by Gasteiger charge is 2.21. The highest BCUT2D eigenvalue weighted by atomic mass is 14.9. The molecule has 2 unspecified atom stereocenters. The van der Waals surface area contributed by atoms with Crippen molar-refractivity contribution >= 4 is 0 Å². The van der Waals surface area contributed by atoms with Crippen molar-refractivity contribution in [3.05, 3.63) is 0 Å². The standard InChI is InChI=1S/C12H24N2/c13-12-3-1-2-11(8-12)9-14-7-6-10-4-5-10/h10-12,14H,1-9,13H2. The molecule has 2 saturated carbocycles. The summed E-state index contributed by atoms with van der Waals surface area (Å²) in [6, 6.07) is 0.485. The van der Waals surface area contributed by atoms with Gasteiger partial charge in [0.2, 0.25) is 0 Å². The average Bonchev–Trinajstić information content (AvgIpc) is 2.96. The van der Waals surface area contributed by atoms with Gasteiger partial charge in [-0.15, -0.1) is 0 Å². The molecule has 0 heterocycles. The zero-order valence-electron chi connectivity index (χ0n) is 9.17. The van der Waals surface area contributed by atoms with Crippen molar-refractivity contribution in [2.75, 3.05) is 13.1 Å². The molecular formula is C12H24N2. The van der Waals surface area contributed by atoms with Crippen LogP contribution >= 0.6 is 0 Å². The van der Waals surface area contributed by atoms with Crippen LogP contribution in [0.2, 0.25) is 0 Å². The number of nitrogens with two attached hydrogens (primary N) is 1. The van der Waals surface area contributed by atoms with Gasteiger partial charge in [-0.1, -0.05) is 19.3 Å². The SMILES string of the molecule is NC1CCCC(CNCCC2CC2)C1. The zero-order chi connectivity index (χ0) is 9.80. The molecule has 0 radical (unpaired) electrons. The maximum atomic E-state index is 5.96. The number of rotatable bonds is 5. The summed E-state index contributed by atoms with van der Waals surface area (Å²) in [7, 11) is 0. The van der Waals surface area contributed by atoms with Crippen molar-refractivity contribution in [2.45, 2.75) is 51.0 Å². The highest BCUT2D eigenvalue weighted by molar-refractivity contribution is 4.77. The summed E-state index contributed by atoms with van der Waals surface area (Å²) >= 11 is 0. The van der Waals surface area contributed by atoms with Gasteiger partial charge in [-0.2, -0.15) is 0 Å². The molecule has 0 aliphatic heterocycles. The highest BCUT2D eigenvalue weighted by Crippen LogP contribution is 2.31. The summed E-state index contributed by atoms with van der Waals surface area (Å²) in [6.45, 7) is 2.44. The second-order valence-corrected chi connectivity index (χ2v) is 5.23. The lowest BCUT2D eigenvalue weighted by Crippen LogP contribution is -2.33. The van der Waals surface area contributed by atoms with Crippen LogP contribution in [0.15, 0.2) is 0 Å². The first kappa shape index (κ1) is 10.4. The molecule has 0 bridgehead atoms. The van der Waals surface area contributed by atoms with E-state index in [1.807, 2.05) is 0 Å². The van der Waals surface area contributed by atoms with Crippen LogP contribution in [-0.2, 0) is 0 Å². The van der Waals surface area contributed by atoms with Crippen LogP contribution in [0.5, 0.6) is 0 Å². The summed E-state index contributed by atoms with van der Waals surface area (Å²) < 4.78 is 0. The van der Waals surface area contributed by atoms with Gasteiger partial charge in [0.1, 0.15) is 0 Å². The lowest BCUT2D eigenvalue weighted by atomic mass is 9.86. The quantitative estimate of drug-likeness (QED) is 0.659. The van der Waals surface area contributed by atoms with Crippen molar-refractivity contribution in [3.63, 3.8) is 0 Å².